The number of methoxy groups -OCH3 is 6. The van der Waals surface area contributed by atoms with Gasteiger partial charge in [-0.15, -0.1) is 0 Å². The van der Waals surface area contributed by atoms with Gasteiger partial charge in [0.1, 0.15) is 11.5 Å². The van der Waals surface area contributed by atoms with Crippen LogP contribution in [-0.4, -0.2) is 42.7 Å². The van der Waals surface area contributed by atoms with Crippen LogP contribution < -0.4 is 28.4 Å². The lowest BCUT2D eigenvalue weighted by molar-refractivity contribution is 0.345. The van der Waals surface area contributed by atoms with Crippen molar-refractivity contribution < 1.29 is 28.4 Å². The fourth-order valence-electron chi connectivity index (χ4n) is 3.84. The molecular formula is C26H30O6. The number of hydrogen-bond acceptors (Lipinski definition) is 6. The number of ether oxygens (including phenoxy) is 6. The number of rotatable bonds is 9. The smallest absolute Gasteiger partial charge is 0.164 e. The first-order valence-corrected chi connectivity index (χ1v) is 10.2. The predicted octanol–water partition coefficient (Wildman–Crippen LogP) is 5.23. The predicted molar refractivity (Wildman–Crippen MR) is 124 cm³/mol. The van der Waals surface area contributed by atoms with E-state index >= 15 is 0 Å². The van der Waals surface area contributed by atoms with Gasteiger partial charge in [-0.2, -0.15) is 0 Å². The van der Waals surface area contributed by atoms with Gasteiger partial charge in [-0.3, -0.25) is 0 Å². The maximum absolute atomic E-state index is 5.78. The molecule has 0 atom stereocenters. The van der Waals surface area contributed by atoms with Crippen molar-refractivity contribution in [1.29, 1.82) is 0 Å². The van der Waals surface area contributed by atoms with Crippen molar-refractivity contribution in [2.24, 2.45) is 0 Å². The maximum Gasteiger partial charge on any atom is 0.164 e. The second-order valence-electron chi connectivity index (χ2n) is 7.24. The van der Waals surface area contributed by atoms with E-state index in [2.05, 4.69) is 31.2 Å². The van der Waals surface area contributed by atoms with Gasteiger partial charge in [0.15, 0.2) is 23.0 Å². The Morgan fingerprint density at radius 2 is 0.812 bits per heavy atom. The Bertz CT molecular complexity index is 995. The molecule has 32 heavy (non-hydrogen) atoms. The Balaban J connectivity index is 2.36. The van der Waals surface area contributed by atoms with Crippen LogP contribution in [0.5, 0.6) is 34.5 Å². The summed E-state index contributed by atoms with van der Waals surface area (Å²) in [6.45, 7) is 2.06. The van der Waals surface area contributed by atoms with Crippen LogP contribution in [0.4, 0.5) is 0 Å². The summed E-state index contributed by atoms with van der Waals surface area (Å²) in [5.74, 6) is 3.51. The molecule has 3 rings (SSSR count). The van der Waals surface area contributed by atoms with Crippen LogP contribution in [-0.2, 0) is 0 Å². The molecule has 0 radical (unpaired) electrons. The molecule has 0 aromatic heterocycles. The van der Waals surface area contributed by atoms with Gasteiger partial charge in [-0.25, -0.2) is 0 Å². The molecule has 0 saturated carbocycles. The van der Waals surface area contributed by atoms with Crippen LogP contribution in [0, 0.1) is 6.92 Å². The quantitative estimate of drug-likeness (QED) is 0.427. The van der Waals surface area contributed by atoms with E-state index in [1.54, 1.807) is 42.7 Å². The Morgan fingerprint density at radius 3 is 1.16 bits per heavy atom. The summed E-state index contributed by atoms with van der Waals surface area (Å²) in [6.07, 6.45) is 0. The topological polar surface area (TPSA) is 55.4 Å². The first kappa shape index (κ1) is 23.1. The van der Waals surface area contributed by atoms with Gasteiger partial charge in [0.05, 0.1) is 42.7 Å². The largest absolute Gasteiger partial charge is 0.496 e. The van der Waals surface area contributed by atoms with Crippen molar-refractivity contribution in [3.05, 3.63) is 70.8 Å². The van der Waals surface area contributed by atoms with Gasteiger partial charge in [0.25, 0.3) is 0 Å². The molecule has 3 aromatic carbocycles. The van der Waals surface area contributed by atoms with E-state index in [1.165, 1.54) is 5.56 Å². The molecule has 0 N–H and O–H groups in total. The highest BCUT2D eigenvalue weighted by molar-refractivity contribution is 5.61. The van der Waals surface area contributed by atoms with Crippen LogP contribution in [0.2, 0.25) is 0 Å². The molecule has 0 fully saturated rings. The first-order valence-electron chi connectivity index (χ1n) is 10.2. The number of benzene rings is 3. The Kier molecular flexibility index (Phi) is 7.36. The molecule has 170 valence electrons. The zero-order valence-corrected chi connectivity index (χ0v) is 19.6. The molecule has 0 spiro atoms. The minimum Gasteiger partial charge on any atom is -0.496 e. The third-order valence-electron chi connectivity index (χ3n) is 5.50. The summed E-state index contributed by atoms with van der Waals surface area (Å²) in [5, 5.41) is 0. The van der Waals surface area contributed by atoms with Crippen LogP contribution in [0.25, 0.3) is 0 Å². The zero-order chi connectivity index (χ0) is 23.3. The minimum atomic E-state index is -0.236. The summed E-state index contributed by atoms with van der Waals surface area (Å²) in [4.78, 5) is 0. The fraction of sp³-hybridized carbons (Fsp3) is 0.308. The normalized spacial score (nSPS) is 10.6. The van der Waals surface area contributed by atoms with Crippen LogP contribution >= 0.6 is 0 Å². The van der Waals surface area contributed by atoms with Crippen molar-refractivity contribution in [2.75, 3.05) is 42.7 Å². The molecule has 3 aromatic rings. The van der Waals surface area contributed by atoms with E-state index in [4.69, 9.17) is 28.4 Å². The number of aryl methyl sites for hydroxylation is 1. The van der Waals surface area contributed by atoms with Crippen LogP contribution in [0.15, 0.2) is 48.5 Å². The lowest BCUT2D eigenvalue weighted by Crippen LogP contribution is -2.09. The molecule has 0 bridgehead atoms. The molecule has 0 aliphatic rings. The van der Waals surface area contributed by atoms with Crippen LogP contribution in [0.1, 0.15) is 28.2 Å². The van der Waals surface area contributed by atoms with Gasteiger partial charge in [-0.05, 0) is 24.6 Å². The van der Waals surface area contributed by atoms with E-state index in [1.807, 2.05) is 24.3 Å². The fourth-order valence-corrected chi connectivity index (χ4v) is 3.84. The molecular weight excluding hydrogens is 408 g/mol. The minimum absolute atomic E-state index is 0.236. The maximum atomic E-state index is 5.78. The first-order chi connectivity index (χ1) is 15.5. The second kappa shape index (κ2) is 10.2. The van der Waals surface area contributed by atoms with Crippen LogP contribution in [0.3, 0.4) is 0 Å². The van der Waals surface area contributed by atoms with E-state index < -0.39 is 0 Å². The number of hydrogen-bond donors (Lipinski definition) is 0. The molecule has 0 heterocycles. The van der Waals surface area contributed by atoms with Crippen molar-refractivity contribution in [2.45, 2.75) is 12.8 Å². The van der Waals surface area contributed by atoms with Crippen molar-refractivity contribution >= 4 is 0 Å². The lowest BCUT2D eigenvalue weighted by Gasteiger charge is -2.25. The Hall–Kier alpha value is -3.54. The SMILES string of the molecule is COc1cc(OC)c(C(c2ccc(C)cc2)c2cc(OC)c(OC)cc2OC)cc1OC. The third kappa shape index (κ3) is 4.40. The summed E-state index contributed by atoms with van der Waals surface area (Å²) < 4.78 is 33.7. The average molecular weight is 439 g/mol. The van der Waals surface area contributed by atoms with Crippen molar-refractivity contribution in [1.82, 2.24) is 0 Å². The second-order valence-corrected chi connectivity index (χ2v) is 7.24. The average Bonchev–Trinajstić information content (AvgIpc) is 2.84. The van der Waals surface area contributed by atoms with E-state index in [-0.39, 0.29) is 5.92 Å². The molecule has 6 heteroatoms. The molecule has 6 nitrogen and oxygen atoms in total. The third-order valence-corrected chi connectivity index (χ3v) is 5.50. The van der Waals surface area contributed by atoms with Crippen molar-refractivity contribution in [3.63, 3.8) is 0 Å². The Labute approximate surface area is 189 Å². The monoisotopic (exact) mass is 438 g/mol. The Morgan fingerprint density at radius 1 is 0.469 bits per heavy atom. The summed E-state index contributed by atoms with van der Waals surface area (Å²) in [7, 11) is 9.72. The van der Waals surface area contributed by atoms with Gasteiger partial charge in [0, 0.05) is 29.2 Å². The van der Waals surface area contributed by atoms with E-state index in [0.717, 1.165) is 16.7 Å². The van der Waals surface area contributed by atoms with E-state index in [9.17, 15) is 0 Å². The molecule has 0 amide bonds. The van der Waals surface area contributed by atoms with Gasteiger partial charge >= 0.3 is 0 Å². The molecule has 0 unspecified atom stereocenters. The standard InChI is InChI=1S/C26H30O6/c1-16-8-10-17(11-9-16)26(18-12-22(29-4)24(31-6)14-20(18)27-2)19-13-23(30-5)25(32-7)15-21(19)28-3/h8-15,26H,1-7H3. The van der Waals surface area contributed by atoms with E-state index in [0.29, 0.717) is 34.5 Å². The highest BCUT2D eigenvalue weighted by atomic mass is 16.5. The summed E-state index contributed by atoms with van der Waals surface area (Å²) in [5.41, 5.74) is 4.04. The summed E-state index contributed by atoms with van der Waals surface area (Å²) >= 11 is 0. The van der Waals surface area contributed by atoms with Gasteiger partial charge < -0.3 is 28.4 Å². The molecule has 0 aliphatic heterocycles. The zero-order valence-electron chi connectivity index (χ0n) is 19.6. The highest BCUT2D eigenvalue weighted by Crippen LogP contribution is 2.47. The lowest BCUT2D eigenvalue weighted by atomic mass is 9.83. The molecule has 0 saturated heterocycles. The van der Waals surface area contributed by atoms with Gasteiger partial charge in [-0.1, -0.05) is 29.8 Å². The molecule has 0 aliphatic carbocycles. The summed E-state index contributed by atoms with van der Waals surface area (Å²) in [6, 6.07) is 15.9. The highest BCUT2D eigenvalue weighted by Gasteiger charge is 2.27. The van der Waals surface area contributed by atoms with Crippen molar-refractivity contribution in [3.8, 4) is 34.5 Å². The van der Waals surface area contributed by atoms with Gasteiger partial charge in [0.2, 0.25) is 0 Å².